The molecule has 0 fully saturated rings. The Morgan fingerprint density at radius 3 is 1.68 bits per heavy atom. The average molecular weight is 646 g/mol. The number of aromatic amines is 2. The molecular formula is C24H25Cr2F3N2O9. The minimum atomic E-state index is -6.07. The van der Waals surface area contributed by atoms with Gasteiger partial charge in [-0.1, -0.05) is 18.2 Å². The van der Waals surface area contributed by atoms with Crippen molar-refractivity contribution in [1.82, 2.24) is 0 Å². The van der Waals surface area contributed by atoms with E-state index in [0.717, 1.165) is 12.1 Å². The standard InChI is InChI=1S/C14H13F3O2.2C5H5N.2Cr.7O/c1-13(2)8-9(5-6-18)11-4-3-10(14(15,16)17)7-12(11)19-13;2*1-2-4-6-5-3-1;;;;;;;;;/h3-7H,8H2,1-2H3;2*1-5H;;;;;;;;;/q;;;;;;;;;;2*-1/p+2. The molecule has 0 bridgehead atoms. The van der Waals surface area contributed by atoms with E-state index in [-0.39, 0.29) is 5.75 Å². The van der Waals surface area contributed by atoms with Gasteiger partial charge in [-0.15, -0.1) is 0 Å². The summed E-state index contributed by atoms with van der Waals surface area (Å²) in [5, 5.41) is 0. The van der Waals surface area contributed by atoms with Crippen molar-refractivity contribution < 1.29 is 86.3 Å². The summed E-state index contributed by atoms with van der Waals surface area (Å²) in [6.45, 7) is 3.55. The zero-order valence-corrected chi connectivity index (χ0v) is 23.5. The molecule has 0 amide bonds. The van der Waals surface area contributed by atoms with Crippen LogP contribution in [-0.4, -0.2) is 11.9 Å². The van der Waals surface area contributed by atoms with E-state index in [4.69, 9.17) is 4.74 Å². The molecule has 0 unspecified atom stereocenters. The second kappa shape index (κ2) is 15.5. The summed E-state index contributed by atoms with van der Waals surface area (Å²) >= 11 is -12.1. The summed E-state index contributed by atoms with van der Waals surface area (Å²) in [5.74, 6) is 0.166. The first-order valence-corrected chi connectivity index (χ1v) is 15.1. The molecule has 3 aromatic rings. The Labute approximate surface area is 232 Å². The summed E-state index contributed by atoms with van der Waals surface area (Å²) in [7, 11) is 0. The molecule has 0 aliphatic carbocycles. The summed E-state index contributed by atoms with van der Waals surface area (Å²) in [5.41, 5.74) is -0.157. The van der Waals surface area contributed by atoms with Gasteiger partial charge in [0, 0.05) is 36.2 Å². The van der Waals surface area contributed by atoms with Crippen LogP contribution in [0.1, 0.15) is 31.4 Å². The van der Waals surface area contributed by atoms with Crippen LogP contribution in [0.3, 0.4) is 0 Å². The zero-order valence-electron chi connectivity index (χ0n) is 21.0. The number of aldehydes is 1. The fourth-order valence-electron chi connectivity index (χ4n) is 2.95. The van der Waals surface area contributed by atoms with Crippen molar-refractivity contribution in [2.24, 2.45) is 0 Å². The Kier molecular flexibility index (Phi) is 13.4. The maximum Gasteiger partial charge on any atom is 0.166 e. The number of H-pyrrole nitrogens is 2. The quantitative estimate of drug-likeness (QED) is 0.304. The third-order valence-corrected chi connectivity index (χ3v) is 6.97. The predicted molar refractivity (Wildman–Crippen MR) is 115 cm³/mol. The monoisotopic (exact) mass is 646 g/mol. The van der Waals surface area contributed by atoms with Gasteiger partial charge in [-0.05, 0) is 37.6 Å². The largest absolute Gasteiger partial charge is 0.218 e. The number of alkyl halides is 3. The van der Waals surface area contributed by atoms with Gasteiger partial charge < -0.3 is 4.74 Å². The number of hydrogen-bond acceptors (Lipinski definition) is 9. The van der Waals surface area contributed by atoms with E-state index in [9.17, 15) is 41.5 Å². The van der Waals surface area contributed by atoms with Crippen molar-refractivity contribution >= 4 is 11.9 Å². The number of ether oxygens (including phenoxy) is 1. The normalized spacial score (nSPS) is 14.8. The molecule has 4 rings (SSSR count). The SMILES string of the molecule is CC1(C)CC(=CC=O)c2ccc(C(F)(F)F)cc2O1.[O]=[Cr](=[O])([O-])[O][Cr](=[O])(=[O])[O-].c1cc[nH+]cc1.c1cc[nH+]cc1. The number of carbonyl (C=O) groups excluding carboxylic acids is 1. The van der Waals surface area contributed by atoms with Crippen LogP contribution in [0.5, 0.6) is 5.75 Å². The number of halogens is 3. The molecular weight excluding hydrogens is 621 g/mol. The molecule has 0 radical (unpaired) electrons. The number of fused-ring (bicyclic) bond motifs is 1. The summed E-state index contributed by atoms with van der Waals surface area (Å²) in [6.07, 6.45) is 5.58. The number of rotatable bonds is 3. The van der Waals surface area contributed by atoms with Crippen molar-refractivity contribution in [3.05, 3.63) is 96.6 Å². The molecule has 2 N–H and O–H groups in total. The van der Waals surface area contributed by atoms with Crippen LogP contribution in [0, 0.1) is 0 Å². The van der Waals surface area contributed by atoms with E-state index in [1.165, 1.54) is 12.1 Å². The second-order valence-electron chi connectivity index (χ2n) is 8.11. The van der Waals surface area contributed by atoms with Gasteiger partial charge in [0.25, 0.3) is 0 Å². The molecule has 1 aliphatic rings. The van der Waals surface area contributed by atoms with Crippen LogP contribution in [-0.2, 0) is 56.3 Å². The third-order valence-electron chi connectivity index (χ3n) is 4.31. The first-order chi connectivity index (χ1) is 18.4. The van der Waals surface area contributed by atoms with Crippen LogP contribution in [0.25, 0.3) is 5.57 Å². The second-order valence-corrected chi connectivity index (χ2v) is 11.8. The first kappa shape index (κ1) is 34.7. The Balaban J connectivity index is 0.000000313. The topological polar surface area (TPSA) is 178 Å². The maximum absolute atomic E-state index is 12.7. The minimum Gasteiger partial charge on any atom is -0.218 e. The van der Waals surface area contributed by atoms with E-state index in [0.29, 0.717) is 23.8 Å². The van der Waals surface area contributed by atoms with Crippen LogP contribution in [0.2, 0.25) is 0 Å². The van der Waals surface area contributed by atoms with Gasteiger partial charge in [-0.25, -0.2) is 9.97 Å². The number of allylic oxidation sites excluding steroid dienone is 1. The number of carbonyl (C=O) groups is 1. The van der Waals surface area contributed by atoms with Gasteiger partial charge >= 0.3 is 59.8 Å². The molecule has 0 atom stereocenters. The fourth-order valence-corrected chi connectivity index (χ4v) is 4.59. The summed E-state index contributed by atoms with van der Waals surface area (Å²) < 4.78 is 102. The Morgan fingerprint density at radius 1 is 0.900 bits per heavy atom. The summed E-state index contributed by atoms with van der Waals surface area (Å²) in [6, 6.07) is 15.0. The van der Waals surface area contributed by atoms with Crippen molar-refractivity contribution in [2.75, 3.05) is 0 Å². The molecule has 2 aromatic heterocycles. The molecule has 40 heavy (non-hydrogen) atoms. The van der Waals surface area contributed by atoms with Gasteiger partial charge in [-0.3, -0.25) is 4.79 Å². The fraction of sp³-hybridized carbons (Fsp3) is 0.208. The Hall–Kier alpha value is -3.34. The van der Waals surface area contributed by atoms with Gasteiger partial charge in [0.15, 0.2) is 24.8 Å². The van der Waals surface area contributed by atoms with E-state index in [1.54, 1.807) is 13.8 Å². The smallest absolute Gasteiger partial charge is 0.166 e. The van der Waals surface area contributed by atoms with Gasteiger partial charge in [0.1, 0.15) is 17.6 Å². The average Bonchev–Trinajstić information content (AvgIpc) is 2.84. The molecule has 0 saturated heterocycles. The Bertz CT molecular complexity index is 1330. The molecule has 3 heterocycles. The van der Waals surface area contributed by atoms with Gasteiger partial charge in [0.05, 0.1) is 5.56 Å². The van der Waals surface area contributed by atoms with E-state index >= 15 is 0 Å². The molecule has 0 saturated carbocycles. The van der Waals surface area contributed by atoms with Gasteiger partial charge in [0.2, 0.25) is 0 Å². The first-order valence-electron chi connectivity index (χ1n) is 10.9. The molecule has 1 aromatic carbocycles. The number of pyridine rings is 2. The molecule has 0 spiro atoms. The number of hydrogen-bond donors (Lipinski definition) is 0. The summed E-state index contributed by atoms with van der Waals surface area (Å²) in [4.78, 5) is 16.4. The molecule has 218 valence electrons. The van der Waals surface area contributed by atoms with Crippen LogP contribution in [0.15, 0.2) is 85.5 Å². The van der Waals surface area contributed by atoms with Crippen LogP contribution >= 0.6 is 0 Å². The number of nitrogens with one attached hydrogen (secondary N) is 2. The molecule has 1 aliphatic heterocycles. The number of benzene rings is 1. The maximum atomic E-state index is 12.7. The molecule has 11 nitrogen and oxygen atoms in total. The van der Waals surface area contributed by atoms with E-state index < -0.39 is 44.6 Å². The predicted octanol–water partition coefficient (Wildman–Crippen LogP) is 1.92. The Morgan fingerprint density at radius 2 is 1.38 bits per heavy atom. The van der Waals surface area contributed by atoms with Crippen molar-refractivity contribution in [1.29, 1.82) is 0 Å². The van der Waals surface area contributed by atoms with Crippen LogP contribution < -0.4 is 23.0 Å². The third kappa shape index (κ3) is 15.3. The van der Waals surface area contributed by atoms with Crippen molar-refractivity contribution in [3.63, 3.8) is 0 Å². The minimum absolute atomic E-state index is 0.166. The number of aromatic nitrogens is 2. The zero-order chi connectivity index (χ0) is 30.5. The van der Waals surface area contributed by atoms with E-state index in [1.807, 2.05) is 61.2 Å². The van der Waals surface area contributed by atoms with Crippen molar-refractivity contribution in [2.45, 2.75) is 32.0 Å². The molecule has 16 heteroatoms. The van der Waals surface area contributed by atoms with Crippen LogP contribution in [0.4, 0.5) is 13.2 Å². The van der Waals surface area contributed by atoms with E-state index in [2.05, 4.69) is 12.8 Å². The van der Waals surface area contributed by atoms with Crippen molar-refractivity contribution in [3.8, 4) is 5.75 Å². The van der Waals surface area contributed by atoms with Gasteiger partial charge in [-0.2, -0.15) is 13.2 Å².